The fraction of sp³-hybridized carbons (Fsp3) is 0.231. The number of ether oxygens (including phenoxy) is 1. The van der Waals surface area contributed by atoms with Crippen molar-refractivity contribution < 1.29 is 4.74 Å². The molecular weight excluding hydrogens is 271 g/mol. The van der Waals surface area contributed by atoms with E-state index in [0.717, 1.165) is 5.56 Å². The molecule has 2 aromatic rings. The van der Waals surface area contributed by atoms with E-state index in [1.807, 2.05) is 26.0 Å². The van der Waals surface area contributed by atoms with Crippen molar-refractivity contribution in [3.8, 4) is 11.6 Å². The Morgan fingerprint density at radius 2 is 1.78 bits per heavy atom. The highest BCUT2D eigenvalue weighted by molar-refractivity contribution is 6.30. The molecule has 0 amide bonds. The molecule has 0 bridgehead atoms. The summed E-state index contributed by atoms with van der Waals surface area (Å²) in [5.41, 5.74) is 1.69. The molecule has 0 radical (unpaired) electrons. The minimum absolute atomic E-state index is 0.400. The monoisotopic (exact) mass is 282 g/mol. The van der Waals surface area contributed by atoms with E-state index >= 15 is 0 Å². The summed E-state index contributed by atoms with van der Waals surface area (Å²) in [6, 6.07) is 5.46. The van der Waals surface area contributed by atoms with Gasteiger partial charge in [-0.25, -0.2) is 4.98 Å². The number of rotatable bonds is 2. The van der Waals surface area contributed by atoms with Crippen LogP contribution in [0.3, 0.4) is 0 Å². The van der Waals surface area contributed by atoms with E-state index in [9.17, 15) is 0 Å². The summed E-state index contributed by atoms with van der Waals surface area (Å²) in [7, 11) is 0. The van der Waals surface area contributed by atoms with Gasteiger partial charge >= 0.3 is 0 Å². The van der Waals surface area contributed by atoms with Crippen molar-refractivity contribution in [1.82, 2.24) is 9.97 Å². The van der Waals surface area contributed by atoms with Gasteiger partial charge in [-0.15, -0.1) is 0 Å². The third kappa shape index (κ3) is 2.74. The Kier molecular flexibility index (Phi) is 3.73. The van der Waals surface area contributed by atoms with Crippen molar-refractivity contribution in [2.75, 3.05) is 0 Å². The van der Waals surface area contributed by atoms with E-state index in [2.05, 4.69) is 9.97 Å². The number of halogens is 2. The van der Waals surface area contributed by atoms with Crippen molar-refractivity contribution in [1.29, 1.82) is 0 Å². The van der Waals surface area contributed by atoms with Crippen molar-refractivity contribution in [2.24, 2.45) is 0 Å². The summed E-state index contributed by atoms with van der Waals surface area (Å²) in [6.45, 7) is 5.52. The second-order valence-corrected chi connectivity index (χ2v) is 4.80. The van der Waals surface area contributed by atoms with Gasteiger partial charge in [0.05, 0.1) is 0 Å². The molecule has 0 unspecified atom stereocenters. The summed E-state index contributed by atoms with van der Waals surface area (Å²) in [4.78, 5) is 8.30. The van der Waals surface area contributed by atoms with Gasteiger partial charge in [-0.1, -0.05) is 29.3 Å². The molecule has 1 aromatic heterocycles. The van der Waals surface area contributed by atoms with Gasteiger partial charge in [0.25, 0.3) is 0 Å². The quantitative estimate of drug-likeness (QED) is 0.761. The standard InChI is InChI=1S/C13H12Cl2N2O/c1-7-4-5-10(14)6-11(7)18-13-8(2)12(15)16-9(3)17-13/h4-6H,1-3H3. The average Bonchev–Trinajstić information content (AvgIpc) is 2.30. The highest BCUT2D eigenvalue weighted by Crippen LogP contribution is 2.30. The molecule has 18 heavy (non-hydrogen) atoms. The molecule has 5 heteroatoms. The molecule has 0 saturated heterocycles. The maximum atomic E-state index is 6.00. The number of aryl methyl sites for hydroxylation is 2. The lowest BCUT2D eigenvalue weighted by molar-refractivity contribution is 0.452. The van der Waals surface area contributed by atoms with Gasteiger partial charge in [0.2, 0.25) is 5.88 Å². The number of nitrogens with zero attached hydrogens (tertiary/aromatic N) is 2. The van der Waals surface area contributed by atoms with Gasteiger partial charge in [-0.3, -0.25) is 0 Å². The predicted molar refractivity (Wildman–Crippen MR) is 72.8 cm³/mol. The predicted octanol–water partition coefficient (Wildman–Crippen LogP) is 4.50. The molecule has 1 heterocycles. The lowest BCUT2D eigenvalue weighted by atomic mass is 10.2. The fourth-order valence-corrected chi connectivity index (χ4v) is 1.82. The fourth-order valence-electron chi connectivity index (χ4n) is 1.46. The summed E-state index contributed by atoms with van der Waals surface area (Å²) in [6.07, 6.45) is 0. The first kappa shape index (κ1) is 13.1. The van der Waals surface area contributed by atoms with E-state index in [0.29, 0.717) is 33.2 Å². The molecule has 0 aliphatic carbocycles. The van der Waals surface area contributed by atoms with Crippen LogP contribution in [0.4, 0.5) is 0 Å². The second-order valence-electron chi connectivity index (χ2n) is 4.00. The number of hydrogen-bond donors (Lipinski definition) is 0. The zero-order valence-corrected chi connectivity index (χ0v) is 11.8. The van der Waals surface area contributed by atoms with E-state index < -0.39 is 0 Å². The molecule has 0 fully saturated rings. The third-order valence-corrected chi connectivity index (χ3v) is 3.11. The Labute approximate surface area is 116 Å². The van der Waals surface area contributed by atoms with Crippen LogP contribution in [0, 0.1) is 20.8 Å². The Balaban J connectivity index is 2.43. The van der Waals surface area contributed by atoms with Crippen LogP contribution < -0.4 is 4.74 Å². The molecule has 0 aliphatic rings. The number of benzene rings is 1. The van der Waals surface area contributed by atoms with Crippen LogP contribution in [0.15, 0.2) is 18.2 Å². The zero-order chi connectivity index (χ0) is 13.3. The molecule has 0 spiro atoms. The van der Waals surface area contributed by atoms with E-state index in [1.165, 1.54) is 0 Å². The molecular formula is C13H12Cl2N2O. The molecule has 0 saturated carbocycles. The van der Waals surface area contributed by atoms with E-state index in [1.54, 1.807) is 13.0 Å². The highest BCUT2D eigenvalue weighted by atomic mass is 35.5. The van der Waals surface area contributed by atoms with Crippen molar-refractivity contribution in [2.45, 2.75) is 20.8 Å². The first-order valence-corrected chi connectivity index (χ1v) is 6.17. The van der Waals surface area contributed by atoms with Gasteiger partial charge in [-0.2, -0.15) is 4.98 Å². The van der Waals surface area contributed by atoms with Crippen molar-refractivity contribution in [3.63, 3.8) is 0 Å². The van der Waals surface area contributed by atoms with Gasteiger partial charge in [0.15, 0.2) is 0 Å². The van der Waals surface area contributed by atoms with Gasteiger partial charge < -0.3 is 4.74 Å². The third-order valence-electron chi connectivity index (χ3n) is 2.51. The topological polar surface area (TPSA) is 35.0 Å². The van der Waals surface area contributed by atoms with E-state index in [4.69, 9.17) is 27.9 Å². The van der Waals surface area contributed by atoms with Gasteiger partial charge in [-0.05, 0) is 38.5 Å². The molecule has 0 aliphatic heterocycles. The van der Waals surface area contributed by atoms with Gasteiger partial charge in [0.1, 0.15) is 16.7 Å². The molecule has 1 aromatic carbocycles. The maximum absolute atomic E-state index is 6.00. The number of hydrogen-bond acceptors (Lipinski definition) is 3. The van der Waals surface area contributed by atoms with Crippen LogP contribution in [0.25, 0.3) is 0 Å². The summed E-state index contributed by atoms with van der Waals surface area (Å²) in [5.74, 6) is 1.69. The Morgan fingerprint density at radius 1 is 1.06 bits per heavy atom. The normalized spacial score (nSPS) is 10.5. The van der Waals surface area contributed by atoms with Crippen LogP contribution in [0.2, 0.25) is 10.2 Å². The lowest BCUT2D eigenvalue weighted by Crippen LogP contribution is -1.98. The molecule has 2 rings (SSSR count). The second kappa shape index (κ2) is 5.12. The minimum atomic E-state index is 0.400. The molecule has 94 valence electrons. The summed E-state index contributed by atoms with van der Waals surface area (Å²) >= 11 is 11.9. The van der Waals surface area contributed by atoms with Crippen LogP contribution in [0.5, 0.6) is 11.6 Å². The lowest BCUT2D eigenvalue weighted by Gasteiger charge is -2.11. The first-order valence-electron chi connectivity index (χ1n) is 5.42. The highest BCUT2D eigenvalue weighted by Gasteiger charge is 2.11. The Bertz CT molecular complexity index is 600. The van der Waals surface area contributed by atoms with Crippen molar-refractivity contribution in [3.05, 3.63) is 45.3 Å². The van der Waals surface area contributed by atoms with Crippen LogP contribution in [-0.4, -0.2) is 9.97 Å². The van der Waals surface area contributed by atoms with Crippen LogP contribution in [0.1, 0.15) is 17.0 Å². The minimum Gasteiger partial charge on any atom is -0.438 e. The average molecular weight is 283 g/mol. The smallest absolute Gasteiger partial charge is 0.226 e. The molecule has 3 nitrogen and oxygen atoms in total. The summed E-state index contributed by atoms with van der Waals surface area (Å²) in [5, 5.41) is 1.02. The SMILES string of the molecule is Cc1nc(Cl)c(C)c(Oc2cc(Cl)ccc2C)n1. The Hall–Kier alpha value is -1.32. The van der Waals surface area contributed by atoms with Crippen LogP contribution in [-0.2, 0) is 0 Å². The molecule has 0 N–H and O–H groups in total. The molecule has 0 atom stereocenters. The van der Waals surface area contributed by atoms with Gasteiger partial charge in [0, 0.05) is 10.6 Å². The zero-order valence-electron chi connectivity index (χ0n) is 10.3. The Morgan fingerprint density at radius 3 is 2.50 bits per heavy atom. The summed E-state index contributed by atoms with van der Waals surface area (Å²) < 4.78 is 5.76. The van der Waals surface area contributed by atoms with E-state index in [-0.39, 0.29) is 0 Å². The van der Waals surface area contributed by atoms with Crippen molar-refractivity contribution >= 4 is 23.2 Å². The first-order chi connectivity index (χ1) is 8.47. The maximum Gasteiger partial charge on any atom is 0.226 e. The largest absolute Gasteiger partial charge is 0.438 e. The number of aromatic nitrogens is 2. The van der Waals surface area contributed by atoms with Crippen LogP contribution >= 0.6 is 23.2 Å².